The molecule has 0 unspecified atom stereocenters. The summed E-state index contributed by atoms with van der Waals surface area (Å²) in [6.07, 6.45) is 1.69. The van der Waals surface area contributed by atoms with Gasteiger partial charge in [-0.2, -0.15) is 4.99 Å². The smallest absolute Gasteiger partial charge is 0.281 e. The van der Waals surface area contributed by atoms with Crippen LogP contribution in [0.4, 0.5) is 5.69 Å². The van der Waals surface area contributed by atoms with Crippen molar-refractivity contribution in [2.24, 2.45) is 4.99 Å². The van der Waals surface area contributed by atoms with Gasteiger partial charge in [0.15, 0.2) is 4.80 Å². The molecule has 3 rings (SSSR count). The fraction of sp³-hybridized carbons (Fsp3) is 0.111. The molecule has 0 fully saturated rings. The van der Waals surface area contributed by atoms with Crippen LogP contribution in [-0.2, 0) is 6.54 Å². The van der Waals surface area contributed by atoms with E-state index in [0.717, 1.165) is 21.8 Å². The van der Waals surface area contributed by atoms with E-state index in [2.05, 4.69) is 11.6 Å². The Kier molecular flexibility index (Phi) is 5.46. The third kappa shape index (κ3) is 3.66. The Morgan fingerprint density at radius 3 is 2.70 bits per heavy atom. The van der Waals surface area contributed by atoms with Gasteiger partial charge in [-0.3, -0.25) is 14.9 Å². The van der Waals surface area contributed by atoms with Crippen LogP contribution < -0.4 is 4.80 Å². The van der Waals surface area contributed by atoms with Crippen LogP contribution in [0.15, 0.2) is 48.0 Å². The van der Waals surface area contributed by atoms with Crippen molar-refractivity contribution in [2.45, 2.75) is 13.5 Å². The number of thiazole rings is 1. The van der Waals surface area contributed by atoms with Crippen LogP contribution in [0.3, 0.4) is 0 Å². The fourth-order valence-electron chi connectivity index (χ4n) is 2.64. The zero-order valence-corrected chi connectivity index (χ0v) is 16.4. The van der Waals surface area contributed by atoms with E-state index in [1.807, 2.05) is 17.6 Å². The molecule has 0 atom stereocenters. The van der Waals surface area contributed by atoms with Gasteiger partial charge in [0, 0.05) is 23.7 Å². The summed E-state index contributed by atoms with van der Waals surface area (Å²) >= 11 is 13.6. The number of hydrogen-bond acceptors (Lipinski definition) is 4. The summed E-state index contributed by atoms with van der Waals surface area (Å²) < 4.78 is 2.74. The predicted octanol–water partition coefficient (Wildman–Crippen LogP) is 5.15. The van der Waals surface area contributed by atoms with Gasteiger partial charge in [-0.05, 0) is 30.7 Å². The van der Waals surface area contributed by atoms with Gasteiger partial charge in [-0.1, -0.05) is 40.6 Å². The Balaban J connectivity index is 2.21. The van der Waals surface area contributed by atoms with Crippen molar-refractivity contribution in [1.29, 1.82) is 0 Å². The molecule has 1 aromatic heterocycles. The van der Waals surface area contributed by atoms with Gasteiger partial charge >= 0.3 is 0 Å². The van der Waals surface area contributed by atoms with Crippen molar-refractivity contribution < 1.29 is 9.72 Å². The van der Waals surface area contributed by atoms with Gasteiger partial charge in [-0.25, -0.2) is 0 Å². The molecule has 1 amide bonds. The SMILES string of the molecule is C=CCn1c(=NC(=O)c2cc([N+](=O)[O-])ccc2Cl)sc2ccc(Cl)c(C)c21. The molecular formula is C18H13Cl2N3O3S. The number of rotatable bonds is 4. The zero-order valence-electron chi connectivity index (χ0n) is 14.1. The van der Waals surface area contributed by atoms with Crippen molar-refractivity contribution in [3.8, 4) is 0 Å². The summed E-state index contributed by atoms with van der Waals surface area (Å²) in [7, 11) is 0. The van der Waals surface area contributed by atoms with Gasteiger partial charge < -0.3 is 4.57 Å². The van der Waals surface area contributed by atoms with Gasteiger partial charge in [0.2, 0.25) is 0 Å². The summed E-state index contributed by atoms with van der Waals surface area (Å²) in [6, 6.07) is 7.33. The Morgan fingerprint density at radius 2 is 2.04 bits per heavy atom. The lowest BCUT2D eigenvalue weighted by atomic mass is 10.2. The number of aromatic nitrogens is 1. The fourth-order valence-corrected chi connectivity index (χ4v) is 4.09. The summed E-state index contributed by atoms with van der Waals surface area (Å²) in [4.78, 5) is 27.6. The van der Waals surface area contributed by atoms with Crippen LogP contribution in [-0.4, -0.2) is 15.4 Å². The highest BCUT2D eigenvalue weighted by Gasteiger charge is 2.17. The minimum Gasteiger partial charge on any atom is -0.312 e. The van der Waals surface area contributed by atoms with Crippen molar-refractivity contribution in [2.75, 3.05) is 0 Å². The predicted molar refractivity (Wildman–Crippen MR) is 108 cm³/mol. The van der Waals surface area contributed by atoms with E-state index >= 15 is 0 Å². The van der Waals surface area contributed by atoms with E-state index in [1.165, 1.54) is 23.5 Å². The molecule has 3 aromatic rings. The number of nitrogens with zero attached hydrogens (tertiary/aromatic N) is 3. The lowest BCUT2D eigenvalue weighted by Gasteiger charge is -2.05. The maximum Gasteiger partial charge on any atom is 0.281 e. The van der Waals surface area contributed by atoms with Gasteiger partial charge in [0.1, 0.15) is 0 Å². The molecule has 0 spiro atoms. The molecule has 0 saturated heterocycles. The molecule has 2 aromatic carbocycles. The lowest BCUT2D eigenvalue weighted by molar-refractivity contribution is -0.384. The number of nitro groups is 1. The van der Waals surface area contributed by atoms with Crippen LogP contribution in [0.1, 0.15) is 15.9 Å². The first-order chi connectivity index (χ1) is 12.8. The third-order valence-corrected chi connectivity index (χ3v) is 5.71. The van der Waals surface area contributed by atoms with E-state index in [9.17, 15) is 14.9 Å². The lowest BCUT2D eigenvalue weighted by Crippen LogP contribution is -2.17. The number of hydrogen-bond donors (Lipinski definition) is 0. The number of carbonyl (C=O) groups excluding carboxylic acids is 1. The molecular weight excluding hydrogens is 409 g/mol. The second-order valence-electron chi connectivity index (χ2n) is 5.64. The van der Waals surface area contributed by atoms with E-state index in [-0.39, 0.29) is 16.3 Å². The average molecular weight is 422 g/mol. The number of benzene rings is 2. The van der Waals surface area contributed by atoms with E-state index in [0.29, 0.717) is 16.4 Å². The average Bonchev–Trinajstić information content (AvgIpc) is 2.96. The second kappa shape index (κ2) is 7.64. The number of nitro benzene ring substituents is 1. The Morgan fingerprint density at radius 1 is 1.33 bits per heavy atom. The first kappa shape index (κ1) is 19.3. The quantitative estimate of drug-likeness (QED) is 0.331. The summed E-state index contributed by atoms with van der Waals surface area (Å²) in [5.41, 5.74) is 1.48. The van der Waals surface area contributed by atoms with Crippen LogP contribution in [0.25, 0.3) is 10.2 Å². The normalized spacial score (nSPS) is 11.7. The maximum absolute atomic E-state index is 12.7. The van der Waals surface area contributed by atoms with Gasteiger partial charge in [0.05, 0.1) is 25.7 Å². The highest BCUT2D eigenvalue weighted by molar-refractivity contribution is 7.16. The molecule has 1 heterocycles. The molecule has 0 aliphatic heterocycles. The topological polar surface area (TPSA) is 77.5 Å². The Bertz CT molecular complexity index is 1160. The van der Waals surface area contributed by atoms with Crippen molar-refractivity contribution in [1.82, 2.24) is 4.57 Å². The number of halogens is 2. The largest absolute Gasteiger partial charge is 0.312 e. The molecule has 0 aliphatic carbocycles. The molecule has 0 saturated carbocycles. The number of carbonyl (C=O) groups is 1. The third-order valence-electron chi connectivity index (χ3n) is 3.93. The van der Waals surface area contributed by atoms with E-state index in [1.54, 1.807) is 12.1 Å². The number of fused-ring (bicyclic) bond motifs is 1. The van der Waals surface area contributed by atoms with Crippen molar-refractivity contribution in [3.63, 3.8) is 0 Å². The molecule has 9 heteroatoms. The molecule has 138 valence electrons. The number of allylic oxidation sites excluding steroid dienone is 1. The Labute approximate surface area is 168 Å². The first-order valence-electron chi connectivity index (χ1n) is 7.75. The molecule has 0 aliphatic rings. The van der Waals surface area contributed by atoms with E-state index < -0.39 is 10.8 Å². The Hall–Kier alpha value is -2.48. The maximum atomic E-state index is 12.7. The number of non-ortho nitro benzene ring substituents is 1. The highest BCUT2D eigenvalue weighted by atomic mass is 35.5. The van der Waals surface area contributed by atoms with Crippen LogP contribution in [0.5, 0.6) is 0 Å². The number of aryl methyl sites for hydroxylation is 1. The molecule has 0 N–H and O–H groups in total. The molecule has 0 radical (unpaired) electrons. The standard InChI is InChI=1S/C18H13Cl2N3O3S/c1-3-8-22-16-10(2)13(19)6-7-15(16)27-18(22)21-17(24)12-9-11(23(25)26)4-5-14(12)20/h3-7,9H,1,8H2,2H3. The number of amides is 1. The van der Waals surface area contributed by atoms with Crippen LogP contribution in [0, 0.1) is 17.0 Å². The van der Waals surface area contributed by atoms with Crippen LogP contribution in [0.2, 0.25) is 10.0 Å². The first-order valence-corrected chi connectivity index (χ1v) is 9.33. The van der Waals surface area contributed by atoms with Crippen molar-refractivity contribution >= 4 is 56.3 Å². The molecule has 0 bridgehead atoms. The highest BCUT2D eigenvalue weighted by Crippen LogP contribution is 2.27. The minimum atomic E-state index is -0.656. The van der Waals surface area contributed by atoms with Gasteiger partial charge in [-0.15, -0.1) is 6.58 Å². The summed E-state index contributed by atoms with van der Waals surface area (Å²) in [6.45, 7) is 6.06. The van der Waals surface area contributed by atoms with E-state index in [4.69, 9.17) is 23.2 Å². The summed E-state index contributed by atoms with van der Waals surface area (Å²) in [5, 5.41) is 11.7. The second-order valence-corrected chi connectivity index (χ2v) is 7.46. The molecule has 6 nitrogen and oxygen atoms in total. The van der Waals surface area contributed by atoms with Crippen LogP contribution >= 0.6 is 34.5 Å². The minimum absolute atomic E-state index is 0.0248. The zero-order chi connectivity index (χ0) is 19.7. The van der Waals surface area contributed by atoms with Gasteiger partial charge in [0.25, 0.3) is 11.6 Å². The molecule has 27 heavy (non-hydrogen) atoms. The summed E-state index contributed by atoms with van der Waals surface area (Å²) in [5.74, 6) is -0.656. The van der Waals surface area contributed by atoms with Crippen molar-refractivity contribution in [3.05, 3.63) is 79.1 Å². The monoisotopic (exact) mass is 421 g/mol.